The van der Waals surface area contributed by atoms with E-state index >= 15 is 0 Å². The van der Waals surface area contributed by atoms with Crippen LogP contribution in [0.3, 0.4) is 0 Å². The molecule has 0 unspecified atom stereocenters. The third kappa shape index (κ3) is 4.44. The Labute approximate surface area is 252 Å². The normalized spacial score (nSPS) is 19.5. The van der Waals surface area contributed by atoms with Crippen LogP contribution in [0.25, 0.3) is 10.8 Å². The molecule has 11 heteroatoms. The van der Waals surface area contributed by atoms with Crippen LogP contribution in [0.5, 0.6) is 5.75 Å². The lowest BCUT2D eigenvalue weighted by Gasteiger charge is -2.29. The highest BCUT2D eigenvalue weighted by Gasteiger charge is 2.57. The molecule has 210 valence electrons. The fraction of sp³-hybridized carbons (Fsp3) is 0.161. The number of thioether (sulfide) groups is 1. The van der Waals surface area contributed by atoms with E-state index in [0.717, 1.165) is 27.0 Å². The van der Waals surface area contributed by atoms with Crippen molar-refractivity contribution in [2.24, 2.45) is 5.92 Å². The lowest BCUT2D eigenvalue weighted by Crippen LogP contribution is -2.32. The summed E-state index contributed by atoms with van der Waals surface area (Å²) < 4.78 is 6.67. The molecule has 0 bridgehead atoms. The number of nitrogens with zero attached hydrogens (tertiary/aromatic N) is 2. The van der Waals surface area contributed by atoms with Gasteiger partial charge < -0.3 is 10.1 Å². The minimum absolute atomic E-state index is 0.205. The molecule has 2 aromatic heterocycles. The highest BCUT2D eigenvalue weighted by Crippen LogP contribution is 2.54. The van der Waals surface area contributed by atoms with Crippen molar-refractivity contribution in [1.29, 1.82) is 0 Å². The smallest absolute Gasteiger partial charge is 0.308 e. The zero-order valence-electron chi connectivity index (χ0n) is 22.2. The van der Waals surface area contributed by atoms with Gasteiger partial charge in [-0.15, -0.1) is 11.3 Å². The van der Waals surface area contributed by atoms with Crippen molar-refractivity contribution in [3.63, 3.8) is 0 Å². The van der Waals surface area contributed by atoms with Crippen LogP contribution in [0.15, 0.2) is 94.1 Å². The third-order valence-electron chi connectivity index (χ3n) is 7.56. The van der Waals surface area contributed by atoms with Gasteiger partial charge in [0.2, 0.25) is 17.7 Å². The molecule has 2 aliphatic heterocycles. The number of carbonyl (C=O) groups is 3. The van der Waals surface area contributed by atoms with Gasteiger partial charge in [-0.25, -0.2) is 4.90 Å². The molecule has 8 nitrogen and oxygen atoms in total. The molecule has 0 spiro atoms. The Balaban J connectivity index is 1.23. The molecular weight excluding hydrogens is 591 g/mol. The number of thiophene rings is 1. The average molecular weight is 614 g/mol. The molecule has 3 amide bonds. The van der Waals surface area contributed by atoms with Crippen molar-refractivity contribution in [2.75, 3.05) is 17.3 Å². The summed E-state index contributed by atoms with van der Waals surface area (Å²) in [5.41, 5.74) is 1.10. The van der Waals surface area contributed by atoms with Gasteiger partial charge in [-0.3, -0.25) is 23.7 Å². The molecule has 0 radical (unpaired) electrons. The maximum Gasteiger partial charge on any atom is 0.308 e. The molecule has 1 saturated heterocycles. The largest absolute Gasteiger partial charge is 0.497 e. The number of benzene rings is 3. The van der Waals surface area contributed by atoms with E-state index in [2.05, 4.69) is 5.32 Å². The molecule has 42 heavy (non-hydrogen) atoms. The van der Waals surface area contributed by atoms with E-state index in [1.54, 1.807) is 31.4 Å². The second kappa shape index (κ2) is 10.6. The Morgan fingerprint density at radius 1 is 0.929 bits per heavy atom. The zero-order chi connectivity index (χ0) is 29.0. The van der Waals surface area contributed by atoms with Crippen molar-refractivity contribution < 1.29 is 19.1 Å². The molecule has 3 aromatic carbocycles. The first-order valence-electron chi connectivity index (χ1n) is 13.2. The summed E-state index contributed by atoms with van der Waals surface area (Å²) in [5, 5.41) is 6.71. The van der Waals surface area contributed by atoms with Crippen LogP contribution in [0.2, 0.25) is 0 Å². The van der Waals surface area contributed by atoms with Crippen molar-refractivity contribution in [1.82, 2.24) is 4.57 Å². The second-order valence-electron chi connectivity index (χ2n) is 10.0. The van der Waals surface area contributed by atoms with Crippen molar-refractivity contribution in [2.45, 2.75) is 22.7 Å². The molecule has 5 aromatic rings. The van der Waals surface area contributed by atoms with Crippen molar-refractivity contribution in [3.05, 3.63) is 104 Å². The number of imide groups is 1. The van der Waals surface area contributed by atoms with Gasteiger partial charge >= 0.3 is 4.87 Å². The summed E-state index contributed by atoms with van der Waals surface area (Å²) >= 11 is 3.73. The number of rotatable bonds is 6. The molecule has 3 atom stereocenters. The average Bonchev–Trinajstić information content (AvgIpc) is 3.70. The summed E-state index contributed by atoms with van der Waals surface area (Å²) in [6.07, 6.45) is 0. The van der Waals surface area contributed by atoms with E-state index in [4.69, 9.17) is 4.74 Å². The zero-order valence-corrected chi connectivity index (χ0v) is 24.6. The number of amides is 3. The number of hydrogen-bond acceptors (Lipinski definition) is 8. The quantitative estimate of drug-likeness (QED) is 0.252. The molecular formula is C31H23N3O5S3. The van der Waals surface area contributed by atoms with Gasteiger partial charge in [0.25, 0.3) is 0 Å². The van der Waals surface area contributed by atoms with Crippen molar-refractivity contribution >= 4 is 74.3 Å². The number of fused-ring (bicyclic) bond motifs is 3. The molecule has 4 heterocycles. The van der Waals surface area contributed by atoms with Crippen LogP contribution < -0.4 is 19.8 Å². The van der Waals surface area contributed by atoms with Gasteiger partial charge in [0.05, 0.1) is 23.7 Å². The Kier molecular flexibility index (Phi) is 6.72. The minimum Gasteiger partial charge on any atom is -0.497 e. The predicted molar refractivity (Wildman–Crippen MR) is 166 cm³/mol. The summed E-state index contributed by atoms with van der Waals surface area (Å²) in [4.78, 5) is 56.8. The first kappa shape index (κ1) is 26.7. The van der Waals surface area contributed by atoms with Crippen LogP contribution >= 0.6 is 34.4 Å². The maximum absolute atomic E-state index is 13.9. The predicted octanol–water partition coefficient (Wildman–Crippen LogP) is 5.57. The Bertz CT molecular complexity index is 1910. The lowest BCUT2D eigenvalue weighted by atomic mass is 9.87. The maximum atomic E-state index is 13.9. The first-order valence-corrected chi connectivity index (χ1v) is 15.7. The number of thiazole rings is 1. The van der Waals surface area contributed by atoms with E-state index in [0.29, 0.717) is 27.0 Å². The number of anilines is 2. The molecule has 0 aliphatic carbocycles. The Morgan fingerprint density at radius 3 is 2.45 bits per heavy atom. The first-order chi connectivity index (χ1) is 20.4. The van der Waals surface area contributed by atoms with E-state index in [1.807, 2.05) is 60.0 Å². The van der Waals surface area contributed by atoms with Crippen LogP contribution in [-0.2, 0) is 20.9 Å². The van der Waals surface area contributed by atoms with E-state index in [-0.39, 0.29) is 29.1 Å². The van der Waals surface area contributed by atoms with Gasteiger partial charge in [-0.05, 0) is 58.6 Å². The van der Waals surface area contributed by atoms with Crippen LogP contribution in [0.1, 0.15) is 15.7 Å². The third-order valence-corrected chi connectivity index (χ3v) is 11.1. The van der Waals surface area contributed by atoms with Crippen LogP contribution in [0.4, 0.5) is 11.4 Å². The molecule has 1 N–H and O–H groups in total. The summed E-state index contributed by atoms with van der Waals surface area (Å²) in [7, 11) is 1.55. The Morgan fingerprint density at radius 2 is 1.71 bits per heavy atom. The van der Waals surface area contributed by atoms with Crippen LogP contribution in [-0.4, -0.2) is 34.6 Å². The summed E-state index contributed by atoms with van der Waals surface area (Å²) in [6, 6.07) is 24.2. The topological polar surface area (TPSA) is 97.7 Å². The van der Waals surface area contributed by atoms with E-state index in [1.165, 1.54) is 32.6 Å². The van der Waals surface area contributed by atoms with Crippen molar-refractivity contribution in [3.8, 4) is 5.75 Å². The number of hydrogen-bond donors (Lipinski definition) is 1. The standard InChI is InChI=1S/C31H23N3O5S3/c1-39-21-12-10-20(11-13-21)34-28(36)25-24(22-7-4-14-40-22)27-30(41-26(25)29(34)37)33(31(38)42-27)16-23(35)32-19-9-8-17-5-2-3-6-18(17)15-19/h2-15,24-26H,16H2,1H3,(H,32,35)/t24-,25-,26+/m0/s1. The number of aromatic nitrogens is 1. The Hall–Kier alpha value is -4.19. The highest BCUT2D eigenvalue weighted by atomic mass is 32.2. The molecule has 1 fully saturated rings. The van der Waals surface area contributed by atoms with Crippen LogP contribution in [0, 0.1) is 5.92 Å². The van der Waals surface area contributed by atoms with E-state index < -0.39 is 17.1 Å². The van der Waals surface area contributed by atoms with Gasteiger partial charge in [-0.1, -0.05) is 59.5 Å². The fourth-order valence-corrected chi connectivity index (χ4v) is 9.35. The molecule has 2 aliphatic rings. The number of ether oxygens (including phenoxy) is 1. The number of carbonyl (C=O) groups excluding carboxylic acids is 3. The lowest BCUT2D eigenvalue weighted by molar-refractivity contribution is -0.122. The van der Waals surface area contributed by atoms with Gasteiger partial charge in [0, 0.05) is 21.4 Å². The van der Waals surface area contributed by atoms with Gasteiger partial charge in [0.15, 0.2) is 0 Å². The van der Waals surface area contributed by atoms with Gasteiger partial charge in [-0.2, -0.15) is 0 Å². The number of nitrogens with one attached hydrogen (secondary N) is 1. The van der Waals surface area contributed by atoms with Gasteiger partial charge in [0.1, 0.15) is 17.5 Å². The second-order valence-corrected chi connectivity index (χ2v) is 13.1. The number of methoxy groups -OCH3 is 1. The minimum atomic E-state index is -0.733. The molecule has 0 saturated carbocycles. The SMILES string of the molecule is COc1ccc(N2C(=O)[C@H]3[C@H](c4cccs4)c4sc(=O)n(CC(=O)Nc5ccc6ccccc6c5)c4S[C@H]3C2=O)cc1. The fourth-order valence-electron chi connectivity index (χ4n) is 5.63. The monoisotopic (exact) mass is 613 g/mol. The summed E-state index contributed by atoms with van der Waals surface area (Å²) in [5.74, 6) is -1.50. The molecule has 7 rings (SSSR count). The highest BCUT2D eigenvalue weighted by molar-refractivity contribution is 8.00. The van der Waals surface area contributed by atoms with E-state index in [9.17, 15) is 19.2 Å². The summed E-state index contributed by atoms with van der Waals surface area (Å²) in [6.45, 7) is -0.205.